The number of benzene rings is 1. The molecule has 1 aromatic carbocycles. The quantitative estimate of drug-likeness (QED) is 0.388. The van der Waals surface area contributed by atoms with Crippen LogP contribution in [0.1, 0.15) is 79.3 Å². The molecule has 0 amide bonds. The number of unbranched alkanes of at least 4 members (excludes halogenated alkanes) is 1. The van der Waals surface area contributed by atoms with Crippen molar-refractivity contribution in [3.05, 3.63) is 58.5 Å². The highest BCUT2D eigenvalue weighted by atomic mass is 19.1. The number of alkyl halides is 1. The third-order valence-corrected chi connectivity index (χ3v) is 8.49. The van der Waals surface area contributed by atoms with Gasteiger partial charge < -0.3 is 15.2 Å². The minimum Gasteiger partial charge on any atom is -0.480 e. The number of aryl methyl sites for hydroxylation is 2. The van der Waals surface area contributed by atoms with Crippen LogP contribution in [0.5, 0.6) is 0 Å². The number of aliphatic carboxylic acids is 1. The molecular weight excluding hydrogens is 488 g/mol. The zero-order valence-corrected chi connectivity index (χ0v) is 22.0. The van der Waals surface area contributed by atoms with Crippen LogP contribution in [0.2, 0.25) is 0 Å². The second-order valence-corrected chi connectivity index (χ2v) is 11.0. The van der Waals surface area contributed by atoms with E-state index in [4.69, 9.17) is 9.72 Å². The molecular formula is C30H39F2N3O3. The van der Waals surface area contributed by atoms with Crippen LogP contribution in [0, 0.1) is 11.7 Å². The van der Waals surface area contributed by atoms with Crippen LogP contribution in [0.3, 0.4) is 0 Å². The SMILES string of the molecule is O=C(O)[C@@H](c1cc(F)ccc1C1CCOCC1)N1CC[C@@H](C(F)CCCCc2ccc3c(n2)NCCC3)C1. The summed E-state index contributed by atoms with van der Waals surface area (Å²) in [6.07, 6.45) is 6.35. The van der Waals surface area contributed by atoms with Crippen molar-refractivity contribution in [2.75, 3.05) is 38.2 Å². The smallest absolute Gasteiger partial charge is 0.325 e. The first-order valence-electron chi connectivity index (χ1n) is 14.2. The number of carboxylic acids is 1. The summed E-state index contributed by atoms with van der Waals surface area (Å²) in [5.41, 5.74) is 3.70. The fraction of sp³-hybridized carbons (Fsp3) is 0.600. The van der Waals surface area contributed by atoms with Crippen LogP contribution in [-0.2, 0) is 22.4 Å². The zero-order chi connectivity index (χ0) is 26.5. The van der Waals surface area contributed by atoms with Gasteiger partial charge in [-0.25, -0.2) is 13.8 Å². The molecule has 8 heteroatoms. The summed E-state index contributed by atoms with van der Waals surface area (Å²) in [5.74, 6) is -0.510. The number of rotatable bonds is 10. The van der Waals surface area contributed by atoms with Gasteiger partial charge in [0.2, 0.25) is 0 Å². The summed E-state index contributed by atoms with van der Waals surface area (Å²) < 4.78 is 35.0. The molecule has 5 rings (SSSR count). The Morgan fingerprint density at radius 1 is 1.18 bits per heavy atom. The predicted molar refractivity (Wildman–Crippen MR) is 143 cm³/mol. The van der Waals surface area contributed by atoms with Gasteiger partial charge in [-0.15, -0.1) is 0 Å². The van der Waals surface area contributed by atoms with Crippen LogP contribution in [0.25, 0.3) is 0 Å². The first kappa shape index (κ1) is 27.0. The minimum atomic E-state index is -1.01. The molecule has 2 N–H and O–H groups in total. The molecule has 0 saturated carbocycles. The average Bonchev–Trinajstić information content (AvgIpc) is 3.41. The van der Waals surface area contributed by atoms with Gasteiger partial charge >= 0.3 is 5.97 Å². The Hall–Kier alpha value is -2.58. The molecule has 2 saturated heterocycles. The Balaban J connectivity index is 1.16. The Labute approximate surface area is 223 Å². The van der Waals surface area contributed by atoms with Crippen molar-refractivity contribution in [2.45, 2.75) is 75.9 Å². The van der Waals surface area contributed by atoms with Gasteiger partial charge in [-0.3, -0.25) is 9.69 Å². The van der Waals surface area contributed by atoms with Crippen LogP contribution < -0.4 is 5.32 Å². The van der Waals surface area contributed by atoms with Crippen molar-refractivity contribution in [1.82, 2.24) is 9.88 Å². The van der Waals surface area contributed by atoms with E-state index >= 15 is 4.39 Å². The first-order valence-corrected chi connectivity index (χ1v) is 14.2. The van der Waals surface area contributed by atoms with Crippen molar-refractivity contribution in [3.8, 4) is 0 Å². The van der Waals surface area contributed by atoms with E-state index in [1.807, 2.05) is 4.90 Å². The van der Waals surface area contributed by atoms with Crippen molar-refractivity contribution in [3.63, 3.8) is 0 Å². The Morgan fingerprint density at radius 3 is 2.84 bits per heavy atom. The van der Waals surface area contributed by atoms with Crippen molar-refractivity contribution in [2.24, 2.45) is 5.92 Å². The molecule has 2 aromatic rings. The van der Waals surface area contributed by atoms with Gasteiger partial charge in [0, 0.05) is 37.9 Å². The molecule has 2 fully saturated rings. The number of carbonyl (C=O) groups is 1. The summed E-state index contributed by atoms with van der Waals surface area (Å²) in [6.45, 7) is 3.07. The molecule has 0 aliphatic carbocycles. The zero-order valence-electron chi connectivity index (χ0n) is 22.0. The molecule has 3 atom stereocenters. The molecule has 4 heterocycles. The van der Waals surface area contributed by atoms with E-state index in [0.29, 0.717) is 44.7 Å². The topological polar surface area (TPSA) is 74.7 Å². The van der Waals surface area contributed by atoms with E-state index in [1.54, 1.807) is 6.07 Å². The predicted octanol–water partition coefficient (Wildman–Crippen LogP) is 5.67. The Kier molecular flexibility index (Phi) is 8.89. The molecule has 3 aliphatic rings. The third kappa shape index (κ3) is 6.34. The summed E-state index contributed by atoms with van der Waals surface area (Å²) >= 11 is 0. The van der Waals surface area contributed by atoms with Gasteiger partial charge in [0.1, 0.15) is 23.8 Å². The number of nitrogens with one attached hydrogen (secondary N) is 1. The summed E-state index contributed by atoms with van der Waals surface area (Å²) in [4.78, 5) is 19.0. The first-order chi connectivity index (χ1) is 18.5. The summed E-state index contributed by atoms with van der Waals surface area (Å²) in [7, 11) is 0. The fourth-order valence-corrected chi connectivity index (χ4v) is 6.38. The average molecular weight is 528 g/mol. The maximum Gasteiger partial charge on any atom is 0.325 e. The van der Waals surface area contributed by atoms with Gasteiger partial charge in [0.15, 0.2) is 0 Å². The number of likely N-dealkylation sites (tertiary alicyclic amines) is 1. The van der Waals surface area contributed by atoms with Gasteiger partial charge in [-0.1, -0.05) is 18.6 Å². The van der Waals surface area contributed by atoms with E-state index in [0.717, 1.165) is 68.6 Å². The van der Waals surface area contributed by atoms with Crippen molar-refractivity contribution < 1.29 is 23.4 Å². The Bertz CT molecular complexity index is 1110. The fourth-order valence-electron chi connectivity index (χ4n) is 6.38. The lowest BCUT2D eigenvalue weighted by Gasteiger charge is -2.30. The van der Waals surface area contributed by atoms with Crippen LogP contribution >= 0.6 is 0 Å². The second kappa shape index (κ2) is 12.5. The maximum atomic E-state index is 15.3. The molecule has 0 spiro atoms. The molecule has 0 radical (unpaired) electrons. The standard InChI is InChI=1S/C30H39F2N3O3/c31-23-8-10-25(20-12-16-38-17-13-20)26(18-23)28(30(36)37)35-15-11-22(19-35)27(32)6-2-1-5-24-9-7-21-4-3-14-33-29(21)34-24/h7-10,18,20,22,27-28H,1-6,11-17,19H2,(H,33,34)(H,36,37)/t22-,27?,28-/m1/s1. The highest BCUT2D eigenvalue weighted by Crippen LogP contribution is 2.38. The number of hydrogen-bond donors (Lipinski definition) is 2. The number of nitrogens with zero attached hydrogens (tertiary/aromatic N) is 2. The number of fused-ring (bicyclic) bond motifs is 1. The van der Waals surface area contributed by atoms with Gasteiger partial charge in [0.05, 0.1) is 0 Å². The van der Waals surface area contributed by atoms with E-state index < -0.39 is 24.0 Å². The highest BCUT2D eigenvalue weighted by Gasteiger charge is 2.38. The highest BCUT2D eigenvalue weighted by molar-refractivity contribution is 5.76. The van der Waals surface area contributed by atoms with Crippen LogP contribution in [0.15, 0.2) is 30.3 Å². The van der Waals surface area contributed by atoms with E-state index in [-0.39, 0.29) is 11.8 Å². The monoisotopic (exact) mass is 527 g/mol. The van der Waals surface area contributed by atoms with E-state index in [9.17, 15) is 14.3 Å². The van der Waals surface area contributed by atoms with Gasteiger partial charge in [-0.2, -0.15) is 0 Å². The number of ether oxygens (including phenoxy) is 1. The lowest BCUT2D eigenvalue weighted by atomic mass is 9.85. The second-order valence-electron chi connectivity index (χ2n) is 11.0. The molecule has 1 aromatic heterocycles. The number of anilines is 1. The van der Waals surface area contributed by atoms with Crippen LogP contribution in [-0.4, -0.2) is 60.0 Å². The van der Waals surface area contributed by atoms with Crippen molar-refractivity contribution in [1.29, 1.82) is 0 Å². The minimum absolute atomic E-state index is 0.147. The largest absolute Gasteiger partial charge is 0.480 e. The number of pyridine rings is 1. The molecule has 6 nitrogen and oxygen atoms in total. The number of carboxylic acid groups (broad SMARTS) is 1. The normalized spacial score (nSPS) is 22.0. The lowest BCUT2D eigenvalue weighted by Crippen LogP contribution is -2.34. The van der Waals surface area contributed by atoms with Gasteiger partial charge in [0.25, 0.3) is 0 Å². The summed E-state index contributed by atoms with van der Waals surface area (Å²) in [6, 6.07) is 7.78. The molecule has 3 aliphatic heterocycles. The maximum absolute atomic E-state index is 15.3. The molecule has 1 unspecified atom stereocenters. The van der Waals surface area contributed by atoms with E-state index in [1.165, 1.54) is 17.7 Å². The van der Waals surface area contributed by atoms with Crippen molar-refractivity contribution >= 4 is 11.8 Å². The number of aromatic nitrogens is 1. The lowest BCUT2D eigenvalue weighted by molar-refractivity contribution is -0.143. The summed E-state index contributed by atoms with van der Waals surface area (Å²) in [5, 5.41) is 13.6. The molecule has 0 bridgehead atoms. The van der Waals surface area contributed by atoms with E-state index in [2.05, 4.69) is 17.4 Å². The third-order valence-electron chi connectivity index (χ3n) is 8.49. The molecule has 38 heavy (non-hydrogen) atoms. The van der Waals surface area contributed by atoms with Crippen LogP contribution in [0.4, 0.5) is 14.6 Å². The van der Waals surface area contributed by atoms with Gasteiger partial charge in [-0.05, 0) is 98.7 Å². The Morgan fingerprint density at radius 2 is 2.03 bits per heavy atom. The molecule has 206 valence electrons. The number of hydrogen-bond acceptors (Lipinski definition) is 5. The number of halogens is 2.